The van der Waals surface area contributed by atoms with Crippen LogP contribution in [0.1, 0.15) is 11.6 Å². The summed E-state index contributed by atoms with van der Waals surface area (Å²) in [6, 6.07) is 6.30. The summed E-state index contributed by atoms with van der Waals surface area (Å²) < 4.78 is 12.7. The number of aliphatic hydroxyl groups is 1. The Labute approximate surface area is 88.0 Å². The van der Waals surface area contributed by atoms with Crippen LogP contribution in [0.15, 0.2) is 48.7 Å². The maximum atomic E-state index is 12.7. The first kappa shape index (κ1) is 9.93. The van der Waals surface area contributed by atoms with E-state index in [1.807, 2.05) is 24.4 Å². The molecule has 1 aliphatic heterocycles. The quantitative estimate of drug-likeness (QED) is 0.800. The maximum absolute atomic E-state index is 12.7. The minimum Gasteiger partial charge on any atom is -0.376 e. The number of nitrogens with zero attached hydrogens (tertiary/aromatic N) is 1. The van der Waals surface area contributed by atoms with Crippen LogP contribution in [0.5, 0.6) is 0 Å². The third kappa shape index (κ3) is 2.07. The zero-order valence-corrected chi connectivity index (χ0v) is 8.18. The molecule has 0 amide bonds. The van der Waals surface area contributed by atoms with Crippen molar-refractivity contribution < 1.29 is 9.50 Å². The maximum Gasteiger partial charge on any atom is 0.123 e. The normalized spacial score (nSPS) is 19.6. The molecule has 0 fully saturated rings. The van der Waals surface area contributed by atoms with E-state index in [1.54, 1.807) is 17.0 Å². The zero-order valence-electron chi connectivity index (χ0n) is 8.18. The first-order valence-corrected chi connectivity index (χ1v) is 4.78. The van der Waals surface area contributed by atoms with Crippen molar-refractivity contribution in [3.8, 4) is 0 Å². The van der Waals surface area contributed by atoms with Crippen molar-refractivity contribution in [3.63, 3.8) is 0 Å². The summed E-state index contributed by atoms with van der Waals surface area (Å²) in [5, 5.41) is 9.14. The number of allylic oxidation sites excluding steroid dienone is 2. The lowest BCUT2D eigenvalue weighted by Gasteiger charge is -2.28. The van der Waals surface area contributed by atoms with Crippen molar-refractivity contribution >= 4 is 0 Å². The lowest BCUT2D eigenvalue weighted by atomic mass is 10.0. The molecule has 1 aromatic rings. The van der Waals surface area contributed by atoms with E-state index in [9.17, 15) is 4.39 Å². The first-order valence-electron chi connectivity index (χ1n) is 4.78. The van der Waals surface area contributed by atoms with Gasteiger partial charge < -0.3 is 10.0 Å². The van der Waals surface area contributed by atoms with Gasteiger partial charge in [0.2, 0.25) is 0 Å². The predicted molar refractivity (Wildman–Crippen MR) is 56.3 cm³/mol. The molecule has 0 aliphatic carbocycles. The molecule has 1 aromatic carbocycles. The van der Waals surface area contributed by atoms with Crippen molar-refractivity contribution in [1.82, 2.24) is 4.90 Å². The Bertz CT molecular complexity index is 383. The smallest absolute Gasteiger partial charge is 0.123 e. The Morgan fingerprint density at radius 2 is 1.93 bits per heavy atom. The van der Waals surface area contributed by atoms with Gasteiger partial charge in [-0.3, -0.25) is 0 Å². The molecule has 0 spiro atoms. The second-order valence-electron chi connectivity index (χ2n) is 3.38. The summed E-state index contributed by atoms with van der Waals surface area (Å²) in [4.78, 5) is 1.77. The van der Waals surface area contributed by atoms with Gasteiger partial charge in [-0.15, -0.1) is 0 Å². The number of hydrogen-bond acceptors (Lipinski definition) is 2. The average molecular weight is 205 g/mol. The second kappa shape index (κ2) is 4.28. The van der Waals surface area contributed by atoms with Crippen LogP contribution >= 0.6 is 0 Å². The molecule has 1 unspecified atom stereocenters. The highest BCUT2D eigenvalue weighted by Crippen LogP contribution is 2.24. The Kier molecular flexibility index (Phi) is 2.83. The van der Waals surface area contributed by atoms with Gasteiger partial charge >= 0.3 is 0 Å². The van der Waals surface area contributed by atoms with E-state index in [-0.39, 0.29) is 18.6 Å². The van der Waals surface area contributed by atoms with Crippen LogP contribution in [0.25, 0.3) is 0 Å². The van der Waals surface area contributed by atoms with Crippen molar-refractivity contribution in [2.24, 2.45) is 0 Å². The fourth-order valence-corrected chi connectivity index (χ4v) is 1.63. The van der Waals surface area contributed by atoms with Gasteiger partial charge in [0, 0.05) is 6.20 Å². The number of benzene rings is 1. The van der Waals surface area contributed by atoms with Crippen molar-refractivity contribution in [2.45, 2.75) is 6.04 Å². The monoisotopic (exact) mass is 205 g/mol. The summed E-state index contributed by atoms with van der Waals surface area (Å²) in [6.07, 6.45) is 7.55. The van der Waals surface area contributed by atoms with Gasteiger partial charge in [-0.05, 0) is 23.8 Å². The third-order valence-corrected chi connectivity index (χ3v) is 2.41. The summed E-state index contributed by atoms with van der Waals surface area (Å²) >= 11 is 0. The fraction of sp³-hybridized carbons (Fsp3) is 0.167. The molecule has 1 N–H and O–H groups in total. The Hall–Kier alpha value is -1.61. The molecule has 1 aliphatic rings. The van der Waals surface area contributed by atoms with E-state index < -0.39 is 0 Å². The molecule has 0 saturated heterocycles. The Morgan fingerprint density at radius 3 is 2.60 bits per heavy atom. The number of halogens is 1. The van der Waals surface area contributed by atoms with E-state index in [0.29, 0.717) is 0 Å². The van der Waals surface area contributed by atoms with Gasteiger partial charge in [0.15, 0.2) is 0 Å². The first-order chi connectivity index (χ1) is 7.31. The van der Waals surface area contributed by atoms with Crippen LogP contribution in [0, 0.1) is 5.82 Å². The average Bonchev–Trinajstić information content (AvgIpc) is 2.30. The molecule has 15 heavy (non-hydrogen) atoms. The van der Waals surface area contributed by atoms with Gasteiger partial charge in [0.05, 0.1) is 6.04 Å². The molecule has 0 bridgehead atoms. The number of aliphatic hydroxyl groups excluding tert-OH is 1. The summed E-state index contributed by atoms with van der Waals surface area (Å²) in [7, 11) is 0. The molecule has 2 rings (SSSR count). The third-order valence-electron chi connectivity index (χ3n) is 2.41. The van der Waals surface area contributed by atoms with E-state index >= 15 is 0 Å². The highest BCUT2D eigenvalue weighted by molar-refractivity contribution is 5.27. The SMILES string of the molecule is OCN1C=CC=CC1c1ccc(F)cc1. The van der Waals surface area contributed by atoms with E-state index in [4.69, 9.17) is 5.11 Å². The van der Waals surface area contributed by atoms with Gasteiger partial charge in [-0.2, -0.15) is 0 Å². The number of rotatable bonds is 2. The second-order valence-corrected chi connectivity index (χ2v) is 3.38. The number of hydrogen-bond donors (Lipinski definition) is 1. The van der Waals surface area contributed by atoms with Crippen molar-refractivity contribution in [2.75, 3.05) is 6.73 Å². The molecule has 0 saturated carbocycles. The van der Waals surface area contributed by atoms with Crippen LogP contribution in [0.3, 0.4) is 0 Å². The van der Waals surface area contributed by atoms with Crippen LogP contribution in [0.2, 0.25) is 0 Å². The molecule has 0 aromatic heterocycles. The molecular formula is C12H12FNO. The highest BCUT2D eigenvalue weighted by atomic mass is 19.1. The lowest BCUT2D eigenvalue weighted by molar-refractivity contribution is 0.129. The lowest BCUT2D eigenvalue weighted by Crippen LogP contribution is -2.24. The molecule has 1 heterocycles. The van der Waals surface area contributed by atoms with Gasteiger partial charge in [0.1, 0.15) is 12.5 Å². The molecule has 2 nitrogen and oxygen atoms in total. The summed E-state index contributed by atoms with van der Waals surface area (Å²) in [5.41, 5.74) is 0.964. The molecule has 0 radical (unpaired) electrons. The van der Waals surface area contributed by atoms with Crippen molar-refractivity contribution in [1.29, 1.82) is 0 Å². The topological polar surface area (TPSA) is 23.5 Å². The predicted octanol–water partition coefficient (Wildman–Crippen LogP) is 2.20. The largest absolute Gasteiger partial charge is 0.376 e. The van der Waals surface area contributed by atoms with Gasteiger partial charge in [0.25, 0.3) is 0 Å². The summed E-state index contributed by atoms with van der Waals surface area (Å²) in [5.74, 6) is -0.246. The molecule has 1 atom stereocenters. The standard InChI is InChI=1S/C12H12FNO/c13-11-6-4-10(5-7-11)12-3-1-2-8-14(12)9-15/h1-8,12,15H,9H2. The van der Waals surface area contributed by atoms with Crippen LogP contribution in [0.4, 0.5) is 4.39 Å². The Balaban J connectivity index is 2.26. The Morgan fingerprint density at radius 1 is 1.20 bits per heavy atom. The van der Waals surface area contributed by atoms with Crippen LogP contribution in [-0.2, 0) is 0 Å². The summed E-state index contributed by atoms with van der Waals surface area (Å²) in [6.45, 7) is -0.0527. The van der Waals surface area contributed by atoms with E-state index in [2.05, 4.69) is 0 Å². The zero-order chi connectivity index (χ0) is 10.7. The van der Waals surface area contributed by atoms with Crippen LogP contribution < -0.4 is 0 Å². The molecule has 3 heteroatoms. The minimum atomic E-state index is -0.246. The molecule has 78 valence electrons. The van der Waals surface area contributed by atoms with E-state index in [0.717, 1.165) is 5.56 Å². The highest BCUT2D eigenvalue weighted by Gasteiger charge is 2.15. The van der Waals surface area contributed by atoms with Gasteiger partial charge in [-0.1, -0.05) is 24.3 Å². The van der Waals surface area contributed by atoms with E-state index in [1.165, 1.54) is 12.1 Å². The minimum absolute atomic E-state index is 0.0133. The fourth-order valence-electron chi connectivity index (χ4n) is 1.63. The van der Waals surface area contributed by atoms with Crippen molar-refractivity contribution in [3.05, 3.63) is 60.1 Å². The molecular weight excluding hydrogens is 193 g/mol. The van der Waals surface area contributed by atoms with Gasteiger partial charge in [-0.25, -0.2) is 4.39 Å². The van der Waals surface area contributed by atoms with Crippen LogP contribution in [-0.4, -0.2) is 16.7 Å².